The van der Waals surface area contributed by atoms with Crippen LogP contribution in [0.3, 0.4) is 0 Å². The van der Waals surface area contributed by atoms with Gasteiger partial charge in [-0.3, -0.25) is 19.8 Å². The van der Waals surface area contributed by atoms with Gasteiger partial charge in [0.05, 0.1) is 12.1 Å². The summed E-state index contributed by atoms with van der Waals surface area (Å²) >= 11 is 0. The zero-order chi connectivity index (χ0) is 16.4. The van der Waals surface area contributed by atoms with Crippen molar-refractivity contribution in [1.82, 2.24) is 20.9 Å². The maximum absolute atomic E-state index is 12.4. The Morgan fingerprint density at radius 2 is 2.30 bits per heavy atom. The summed E-state index contributed by atoms with van der Waals surface area (Å²) in [7, 11) is 0. The number of amides is 4. The van der Waals surface area contributed by atoms with Crippen molar-refractivity contribution in [3.8, 4) is 0 Å². The first-order valence-corrected chi connectivity index (χ1v) is 8.27. The van der Waals surface area contributed by atoms with Gasteiger partial charge in [-0.05, 0) is 39.2 Å². The minimum atomic E-state index is -0.890. The third-order valence-electron chi connectivity index (χ3n) is 4.99. The zero-order valence-corrected chi connectivity index (χ0v) is 13.4. The van der Waals surface area contributed by atoms with E-state index in [0.717, 1.165) is 32.4 Å². The predicted octanol–water partition coefficient (Wildman–Crippen LogP) is -0.656. The molecular weight excluding hydrogens is 300 g/mol. The standard InChI is InChI=1S/C15H24N4O4/c1-10(12(20)16-8-11-4-2-7-23-11)19-6-3-5-15(9-19)13(21)17-14(22)18-15/h10-11H,2-9H2,1H3,(H,16,20)(H2,17,18,21,22). The average molecular weight is 324 g/mol. The minimum absolute atomic E-state index is 0.0673. The van der Waals surface area contributed by atoms with E-state index in [9.17, 15) is 14.4 Å². The number of urea groups is 1. The van der Waals surface area contributed by atoms with Crippen molar-refractivity contribution in [1.29, 1.82) is 0 Å². The molecule has 1 spiro atoms. The molecule has 3 aliphatic rings. The summed E-state index contributed by atoms with van der Waals surface area (Å²) in [6.07, 6.45) is 3.49. The van der Waals surface area contributed by atoms with Gasteiger partial charge in [-0.1, -0.05) is 0 Å². The first-order chi connectivity index (χ1) is 11.0. The molecule has 0 aromatic carbocycles. The van der Waals surface area contributed by atoms with Gasteiger partial charge in [0.2, 0.25) is 5.91 Å². The Morgan fingerprint density at radius 1 is 1.48 bits per heavy atom. The van der Waals surface area contributed by atoms with Crippen LogP contribution in [0.15, 0.2) is 0 Å². The average Bonchev–Trinajstić information content (AvgIpc) is 3.13. The van der Waals surface area contributed by atoms with Crippen molar-refractivity contribution in [3.05, 3.63) is 0 Å². The Morgan fingerprint density at radius 3 is 2.96 bits per heavy atom. The number of hydrogen-bond donors (Lipinski definition) is 3. The van der Waals surface area contributed by atoms with Crippen LogP contribution < -0.4 is 16.0 Å². The molecule has 0 aromatic heterocycles. The second-order valence-electron chi connectivity index (χ2n) is 6.62. The minimum Gasteiger partial charge on any atom is -0.376 e. The highest BCUT2D eigenvalue weighted by atomic mass is 16.5. The Balaban J connectivity index is 1.56. The van der Waals surface area contributed by atoms with Crippen LogP contribution in [0.25, 0.3) is 0 Å². The van der Waals surface area contributed by atoms with E-state index in [0.29, 0.717) is 19.5 Å². The molecule has 0 saturated carbocycles. The number of rotatable bonds is 4. The van der Waals surface area contributed by atoms with Crippen molar-refractivity contribution in [3.63, 3.8) is 0 Å². The van der Waals surface area contributed by atoms with Crippen LogP contribution in [0.1, 0.15) is 32.6 Å². The lowest BCUT2D eigenvalue weighted by Gasteiger charge is -2.40. The number of piperidine rings is 1. The maximum atomic E-state index is 12.4. The Bertz CT molecular complexity index is 506. The number of nitrogens with one attached hydrogen (secondary N) is 3. The van der Waals surface area contributed by atoms with Gasteiger partial charge in [0, 0.05) is 19.7 Å². The fourth-order valence-electron chi connectivity index (χ4n) is 3.57. The summed E-state index contributed by atoms with van der Waals surface area (Å²) in [6, 6.07) is -0.800. The van der Waals surface area contributed by atoms with Crippen LogP contribution in [0.5, 0.6) is 0 Å². The van der Waals surface area contributed by atoms with Crippen LogP contribution in [-0.4, -0.2) is 66.7 Å². The predicted molar refractivity (Wildman–Crippen MR) is 81.7 cm³/mol. The fourth-order valence-corrected chi connectivity index (χ4v) is 3.57. The number of carbonyl (C=O) groups excluding carboxylic acids is 3. The van der Waals surface area contributed by atoms with Gasteiger partial charge in [-0.25, -0.2) is 4.79 Å². The molecule has 3 aliphatic heterocycles. The smallest absolute Gasteiger partial charge is 0.322 e. The Hall–Kier alpha value is -1.67. The van der Waals surface area contributed by atoms with E-state index >= 15 is 0 Å². The van der Waals surface area contributed by atoms with E-state index in [1.54, 1.807) is 0 Å². The topological polar surface area (TPSA) is 99.8 Å². The van der Waals surface area contributed by atoms with Crippen LogP contribution in [0, 0.1) is 0 Å². The highest BCUT2D eigenvalue weighted by molar-refractivity contribution is 6.07. The molecule has 128 valence electrons. The van der Waals surface area contributed by atoms with Gasteiger partial charge in [0.15, 0.2) is 0 Å². The van der Waals surface area contributed by atoms with Gasteiger partial charge in [0.1, 0.15) is 5.54 Å². The molecule has 23 heavy (non-hydrogen) atoms. The van der Waals surface area contributed by atoms with Crippen LogP contribution in [0.2, 0.25) is 0 Å². The molecule has 3 atom stereocenters. The van der Waals surface area contributed by atoms with Crippen molar-refractivity contribution in [2.75, 3.05) is 26.2 Å². The lowest BCUT2D eigenvalue weighted by molar-refractivity contribution is -0.131. The number of hydrogen-bond acceptors (Lipinski definition) is 5. The molecule has 0 bridgehead atoms. The summed E-state index contributed by atoms with van der Waals surface area (Å²) in [5, 5.41) is 7.95. The van der Waals surface area contributed by atoms with E-state index in [2.05, 4.69) is 16.0 Å². The molecule has 3 heterocycles. The molecular formula is C15H24N4O4. The first-order valence-electron chi connectivity index (χ1n) is 8.27. The fraction of sp³-hybridized carbons (Fsp3) is 0.800. The summed E-state index contributed by atoms with van der Waals surface area (Å²) in [6.45, 7) is 4.22. The largest absolute Gasteiger partial charge is 0.376 e. The van der Waals surface area contributed by atoms with Crippen molar-refractivity contribution in [2.24, 2.45) is 0 Å². The molecule has 3 saturated heterocycles. The molecule has 0 aromatic rings. The number of ether oxygens (including phenoxy) is 1. The van der Waals surface area contributed by atoms with E-state index in [-0.39, 0.29) is 24.0 Å². The number of carbonyl (C=O) groups is 3. The second kappa shape index (κ2) is 6.45. The number of nitrogens with zero attached hydrogens (tertiary/aromatic N) is 1. The molecule has 3 rings (SSSR count). The summed E-state index contributed by atoms with van der Waals surface area (Å²) in [5.41, 5.74) is -0.890. The van der Waals surface area contributed by atoms with Gasteiger partial charge < -0.3 is 15.4 Å². The molecule has 3 unspecified atom stereocenters. The lowest BCUT2D eigenvalue weighted by atomic mass is 9.88. The summed E-state index contributed by atoms with van der Waals surface area (Å²) in [4.78, 5) is 37.8. The lowest BCUT2D eigenvalue weighted by Crippen LogP contribution is -2.61. The highest BCUT2D eigenvalue weighted by Gasteiger charge is 2.49. The van der Waals surface area contributed by atoms with Crippen LogP contribution in [-0.2, 0) is 14.3 Å². The quantitative estimate of drug-likeness (QED) is 0.597. The monoisotopic (exact) mass is 324 g/mol. The van der Waals surface area contributed by atoms with Crippen molar-refractivity contribution < 1.29 is 19.1 Å². The SMILES string of the molecule is CC(C(=O)NCC1CCCO1)N1CCCC2(C1)NC(=O)NC2=O. The molecule has 8 nitrogen and oxygen atoms in total. The first kappa shape index (κ1) is 16.2. The Kier molecular flexibility index (Phi) is 4.54. The van der Waals surface area contributed by atoms with Crippen LogP contribution >= 0.6 is 0 Å². The Labute approximate surface area is 135 Å². The zero-order valence-electron chi connectivity index (χ0n) is 13.4. The normalized spacial score (nSPS) is 32.7. The van der Waals surface area contributed by atoms with E-state index in [4.69, 9.17) is 4.74 Å². The van der Waals surface area contributed by atoms with E-state index < -0.39 is 11.6 Å². The van der Waals surface area contributed by atoms with E-state index in [1.807, 2.05) is 11.8 Å². The number of likely N-dealkylation sites (tertiary alicyclic amines) is 1. The maximum Gasteiger partial charge on any atom is 0.322 e. The van der Waals surface area contributed by atoms with Crippen LogP contribution in [0.4, 0.5) is 4.79 Å². The van der Waals surface area contributed by atoms with Crippen molar-refractivity contribution >= 4 is 17.8 Å². The van der Waals surface area contributed by atoms with Gasteiger partial charge in [-0.15, -0.1) is 0 Å². The molecule has 8 heteroatoms. The third kappa shape index (κ3) is 3.32. The summed E-state index contributed by atoms with van der Waals surface area (Å²) in [5.74, 6) is -0.360. The number of imide groups is 1. The van der Waals surface area contributed by atoms with Crippen molar-refractivity contribution in [2.45, 2.75) is 50.3 Å². The summed E-state index contributed by atoms with van der Waals surface area (Å²) < 4.78 is 5.50. The molecule has 0 aliphatic carbocycles. The van der Waals surface area contributed by atoms with Gasteiger partial charge >= 0.3 is 6.03 Å². The molecule has 3 N–H and O–H groups in total. The van der Waals surface area contributed by atoms with Gasteiger partial charge in [0.25, 0.3) is 5.91 Å². The molecule has 0 radical (unpaired) electrons. The second-order valence-corrected chi connectivity index (χ2v) is 6.62. The van der Waals surface area contributed by atoms with E-state index in [1.165, 1.54) is 0 Å². The molecule has 4 amide bonds. The molecule has 3 fully saturated rings. The highest BCUT2D eigenvalue weighted by Crippen LogP contribution is 2.25. The van der Waals surface area contributed by atoms with Gasteiger partial charge in [-0.2, -0.15) is 0 Å². The third-order valence-corrected chi connectivity index (χ3v) is 4.99.